The highest BCUT2D eigenvalue weighted by Gasteiger charge is 2.31. The van der Waals surface area contributed by atoms with E-state index in [9.17, 15) is 9.59 Å². The molecule has 2 aliphatic carbocycles. The molecule has 1 amide bonds. The van der Waals surface area contributed by atoms with E-state index < -0.39 is 0 Å². The molecular weight excluding hydrogens is 298 g/mol. The largest absolute Gasteiger partial charge is 0.338 e. The van der Waals surface area contributed by atoms with Crippen LogP contribution < -0.4 is 5.56 Å². The minimum Gasteiger partial charge on any atom is -0.338 e. The molecule has 22 heavy (non-hydrogen) atoms. The molecule has 2 aromatic rings. The van der Waals surface area contributed by atoms with Crippen LogP contribution in [-0.2, 0) is 24.2 Å². The summed E-state index contributed by atoms with van der Waals surface area (Å²) in [6.45, 7) is 2.81. The van der Waals surface area contributed by atoms with Crippen LogP contribution in [0.5, 0.6) is 0 Å². The number of likely N-dealkylation sites (N-methyl/N-ethyl adjacent to an activating group) is 1. The van der Waals surface area contributed by atoms with Gasteiger partial charge in [-0.1, -0.05) is 0 Å². The molecule has 1 fully saturated rings. The SMILES string of the molecule is CCN(C(=O)Cn1cnc2sc3c(c2c1=O)CCC3)C1CC1. The van der Waals surface area contributed by atoms with E-state index in [1.54, 1.807) is 11.3 Å². The molecule has 0 saturated heterocycles. The average molecular weight is 317 g/mol. The number of thiophene rings is 1. The Morgan fingerprint density at radius 3 is 3.00 bits per heavy atom. The van der Waals surface area contributed by atoms with Gasteiger partial charge in [-0.15, -0.1) is 11.3 Å². The Kier molecular flexibility index (Phi) is 3.29. The monoisotopic (exact) mass is 317 g/mol. The summed E-state index contributed by atoms with van der Waals surface area (Å²) in [5.74, 6) is 0.0279. The summed E-state index contributed by atoms with van der Waals surface area (Å²) in [6, 6.07) is 0.385. The van der Waals surface area contributed by atoms with Crippen LogP contribution in [0.2, 0.25) is 0 Å². The third-order valence-corrected chi connectivity index (χ3v) is 5.85. The third kappa shape index (κ3) is 2.17. The molecule has 0 radical (unpaired) electrons. The number of carbonyl (C=O) groups excluding carboxylic acids is 1. The van der Waals surface area contributed by atoms with Crippen LogP contribution in [0.4, 0.5) is 0 Å². The molecule has 0 N–H and O–H groups in total. The molecule has 116 valence electrons. The van der Waals surface area contributed by atoms with Gasteiger partial charge in [0.2, 0.25) is 5.91 Å². The van der Waals surface area contributed by atoms with E-state index in [2.05, 4.69) is 4.98 Å². The van der Waals surface area contributed by atoms with E-state index in [1.807, 2.05) is 11.8 Å². The lowest BCUT2D eigenvalue weighted by molar-refractivity contribution is -0.132. The van der Waals surface area contributed by atoms with Gasteiger partial charge >= 0.3 is 0 Å². The second kappa shape index (κ2) is 5.19. The number of hydrogen-bond donors (Lipinski definition) is 0. The van der Waals surface area contributed by atoms with Crippen LogP contribution in [0, 0.1) is 0 Å². The number of nitrogens with zero attached hydrogens (tertiary/aromatic N) is 3. The van der Waals surface area contributed by atoms with Crippen LogP contribution in [0.3, 0.4) is 0 Å². The minimum absolute atomic E-state index is 0.0279. The van der Waals surface area contributed by atoms with E-state index in [0.717, 1.165) is 42.3 Å². The van der Waals surface area contributed by atoms with Gasteiger partial charge in [0.25, 0.3) is 5.56 Å². The molecule has 2 aliphatic rings. The van der Waals surface area contributed by atoms with Gasteiger partial charge in [-0.3, -0.25) is 14.2 Å². The first-order valence-electron chi connectivity index (χ1n) is 7.98. The topological polar surface area (TPSA) is 55.2 Å². The first kappa shape index (κ1) is 13.9. The van der Waals surface area contributed by atoms with Gasteiger partial charge in [-0.05, 0) is 44.6 Å². The van der Waals surface area contributed by atoms with Crippen molar-refractivity contribution in [2.45, 2.75) is 51.6 Å². The van der Waals surface area contributed by atoms with Crippen molar-refractivity contribution in [3.05, 3.63) is 27.1 Å². The Labute approximate surface area is 132 Å². The summed E-state index contributed by atoms with van der Waals surface area (Å²) >= 11 is 1.63. The molecule has 0 spiro atoms. The standard InChI is InChI=1S/C16H19N3O2S/c1-2-19(10-6-7-10)13(20)8-18-9-17-15-14(16(18)21)11-4-3-5-12(11)22-15/h9-10H,2-8H2,1H3. The third-order valence-electron chi connectivity index (χ3n) is 4.65. The summed E-state index contributed by atoms with van der Waals surface area (Å²) in [5, 5.41) is 0.752. The lowest BCUT2D eigenvalue weighted by Crippen LogP contribution is -2.37. The van der Waals surface area contributed by atoms with Crippen LogP contribution >= 0.6 is 11.3 Å². The van der Waals surface area contributed by atoms with Gasteiger partial charge in [0.15, 0.2) is 0 Å². The van der Waals surface area contributed by atoms with Crippen LogP contribution in [0.1, 0.15) is 36.6 Å². The maximum atomic E-state index is 12.7. The molecule has 2 aromatic heterocycles. The smallest absolute Gasteiger partial charge is 0.262 e. The fraction of sp³-hybridized carbons (Fsp3) is 0.562. The van der Waals surface area contributed by atoms with Crippen molar-refractivity contribution < 1.29 is 4.79 Å². The normalized spacial score (nSPS) is 17.0. The summed E-state index contributed by atoms with van der Waals surface area (Å²) in [6.07, 6.45) is 6.85. The van der Waals surface area contributed by atoms with Crippen molar-refractivity contribution in [3.63, 3.8) is 0 Å². The molecule has 4 rings (SSSR count). The summed E-state index contributed by atoms with van der Waals surface area (Å²) < 4.78 is 1.49. The molecule has 6 heteroatoms. The molecule has 0 aromatic carbocycles. The summed E-state index contributed by atoms with van der Waals surface area (Å²) in [5.41, 5.74) is 1.12. The van der Waals surface area contributed by atoms with Crippen molar-refractivity contribution in [2.75, 3.05) is 6.54 Å². The summed E-state index contributed by atoms with van der Waals surface area (Å²) in [7, 11) is 0. The van der Waals surface area contributed by atoms with Gasteiger partial charge in [0.1, 0.15) is 11.4 Å². The fourth-order valence-electron chi connectivity index (χ4n) is 3.39. The highest BCUT2D eigenvalue weighted by molar-refractivity contribution is 7.18. The first-order chi connectivity index (χ1) is 10.7. The predicted octanol–water partition coefficient (Wildman–Crippen LogP) is 1.96. The maximum Gasteiger partial charge on any atom is 0.262 e. The Bertz CT molecular complexity index is 804. The molecule has 2 heterocycles. The van der Waals surface area contributed by atoms with Crippen molar-refractivity contribution in [1.82, 2.24) is 14.5 Å². The second-order valence-corrected chi connectivity index (χ2v) is 7.21. The zero-order chi connectivity index (χ0) is 15.3. The van der Waals surface area contributed by atoms with Gasteiger partial charge in [0, 0.05) is 17.5 Å². The van der Waals surface area contributed by atoms with E-state index >= 15 is 0 Å². The Balaban J connectivity index is 1.69. The molecular formula is C16H19N3O2S. The minimum atomic E-state index is -0.0513. The molecule has 0 bridgehead atoms. The zero-order valence-electron chi connectivity index (χ0n) is 12.7. The lowest BCUT2D eigenvalue weighted by Gasteiger charge is -2.20. The van der Waals surface area contributed by atoms with Crippen molar-refractivity contribution in [3.8, 4) is 0 Å². The van der Waals surface area contributed by atoms with E-state index in [1.165, 1.54) is 21.3 Å². The number of rotatable bonds is 4. The van der Waals surface area contributed by atoms with E-state index in [0.29, 0.717) is 12.6 Å². The molecule has 0 atom stereocenters. The Morgan fingerprint density at radius 1 is 1.45 bits per heavy atom. The number of carbonyl (C=O) groups is 1. The molecule has 1 saturated carbocycles. The average Bonchev–Trinajstić information content (AvgIpc) is 3.10. The Hall–Kier alpha value is -1.69. The second-order valence-electron chi connectivity index (χ2n) is 6.13. The highest BCUT2D eigenvalue weighted by Crippen LogP contribution is 2.34. The van der Waals surface area contributed by atoms with Crippen molar-refractivity contribution in [1.29, 1.82) is 0 Å². The Morgan fingerprint density at radius 2 is 2.27 bits per heavy atom. The van der Waals surface area contributed by atoms with E-state index in [-0.39, 0.29) is 18.0 Å². The van der Waals surface area contributed by atoms with Crippen LogP contribution in [-0.4, -0.2) is 32.9 Å². The number of hydrogen-bond acceptors (Lipinski definition) is 4. The van der Waals surface area contributed by atoms with Crippen LogP contribution in [0.25, 0.3) is 10.2 Å². The number of fused-ring (bicyclic) bond motifs is 3. The fourth-order valence-corrected chi connectivity index (χ4v) is 4.61. The maximum absolute atomic E-state index is 12.7. The van der Waals surface area contributed by atoms with Crippen molar-refractivity contribution >= 4 is 27.5 Å². The van der Waals surface area contributed by atoms with Gasteiger partial charge < -0.3 is 4.90 Å². The first-order valence-corrected chi connectivity index (χ1v) is 8.80. The quantitative estimate of drug-likeness (QED) is 0.866. The molecule has 0 unspecified atom stereocenters. The highest BCUT2D eigenvalue weighted by atomic mass is 32.1. The van der Waals surface area contributed by atoms with Gasteiger partial charge in [-0.2, -0.15) is 0 Å². The number of amides is 1. The van der Waals surface area contributed by atoms with Gasteiger partial charge in [0.05, 0.1) is 11.7 Å². The number of aromatic nitrogens is 2. The van der Waals surface area contributed by atoms with E-state index in [4.69, 9.17) is 0 Å². The van der Waals surface area contributed by atoms with Crippen LogP contribution in [0.15, 0.2) is 11.1 Å². The molecule has 5 nitrogen and oxygen atoms in total. The van der Waals surface area contributed by atoms with Gasteiger partial charge in [-0.25, -0.2) is 4.98 Å². The summed E-state index contributed by atoms with van der Waals surface area (Å²) in [4.78, 5) is 33.6. The van der Waals surface area contributed by atoms with Crippen molar-refractivity contribution in [2.24, 2.45) is 0 Å². The zero-order valence-corrected chi connectivity index (χ0v) is 13.5. The lowest BCUT2D eigenvalue weighted by atomic mass is 10.2. The molecule has 0 aliphatic heterocycles. The predicted molar refractivity (Wildman–Crippen MR) is 86.3 cm³/mol. The number of aryl methyl sites for hydroxylation is 2.